The number of nitrogens with one attached hydrogen (secondary N) is 2. The Labute approximate surface area is 158 Å². The maximum atomic E-state index is 12.6. The number of nitrogens with two attached hydrogens (primary N) is 1. The maximum Gasteiger partial charge on any atom is 0.252 e. The molecule has 1 atom stereocenters. The lowest BCUT2D eigenvalue weighted by molar-refractivity contribution is -0.122. The first kappa shape index (κ1) is 19.2. The van der Waals surface area contributed by atoms with E-state index in [9.17, 15) is 9.59 Å². The summed E-state index contributed by atoms with van der Waals surface area (Å²) in [5, 5.41) is 7.10. The minimum atomic E-state index is -0.470. The number of amides is 1. The molecule has 3 rings (SSSR count). The molecule has 1 heterocycles. The standard InChI is InChI=1S/C20H28N4O3/c1-12(20(26)23-14-5-7-15(27-3)8-6-14)22-17-11-19(25)24(2)18-9-4-13(21)10-16(17)18/h4,9-12,14-15,22H,5-8,21H2,1-3H3,(H,23,26). The van der Waals surface area contributed by atoms with Gasteiger partial charge >= 0.3 is 0 Å². The van der Waals surface area contributed by atoms with Gasteiger partial charge in [0.05, 0.1) is 11.6 Å². The van der Waals surface area contributed by atoms with E-state index in [0.29, 0.717) is 17.5 Å². The Bertz CT molecular complexity index is 885. The summed E-state index contributed by atoms with van der Waals surface area (Å²) < 4.78 is 6.94. The molecule has 7 nitrogen and oxygen atoms in total. The van der Waals surface area contributed by atoms with Gasteiger partial charge in [-0.2, -0.15) is 0 Å². The Balaban J connectivity index is 1.73. The van der Waals surface area contributed by atoms with E-state index in [1.807, 2.05) is 12.1 Å². The second-order valence-electron chi connectivity index (χ2n) is 7.32. The van der Waals surface area contributed by atoms with E-state index in [4.69, 9.17) is 10.5 Å². The molecule has 0 saturated heterocycles. The molecular weight excluding hydrogens is 344 g/mol. The molecule has 27 heavy (non-hydrogen) atoms. The van der Waals surface area contributed by atoms with Crippen LogP contribution in [-0.2, 0) is 16.6 Å². The van der Waals surface area contributed by atoms with E-state index < -0.39 is 6.04 Å². The molecule has 0 spiro atoms. The summed E-state index contributed by atoms with van der Waals surface area (Å²) in [5.74, 6) is -0.0754. The minimum absolute atomic E-state index is 0.0754. The van der Waals surface area contributed by atoms with Crippen molar-refractivity contribution in [3.8, 4) is 0 Å². The van der Waals surface area contributed by atoms with Gasteiger partial charge in [0.2, 0.25) is 5.91 Å². The number of methoxy groups -OCH3 is 1. The molecule has 1 aliphatic carbocycles. The molecule has 1 saturated carbocycles. The number of aryl methyl sites for hydroxylation is 1. The molecule has 1 fully saturated rings. The van der Waals surface area contributed by atoms with Crippen LogP contribution in [0.2, 0.25) is 0 Å². The fourth-order valence-electron chi connectivity index (χ4n) is 3.67. The number of pyridine rings is 1. The number of hydrogen-bond acceptors (Lipinski definition) is 5. The topological polar surface area (TPSA) is 98.4 Å². The van der Waals surface area contributed by atoms with Gasteiger partial charge in [-0.15, -0.1) is 0 Å². The molecule has 146 valence electrons. The van der Waals surface area contributed by atoms with E-state index >= 15 is 0 Å². The Morgan fingerprint density at radius 2 is 1.96 bits per heavy atom. The third-order valence-electron chi connectivity index (χ3n) is 5.39. The molecule has 0 bridgehead atoms. The number of aromatic nitrogens is 1. The van der Waals surface area contributed by atoms with Gasteiger partial charge in [-0.05, 0) is 50.8 Å². The second kappa shape index (κ2) is 8.00. The van der Waals surface area contributed by atoms with Crippen molar-refractivity contribution in [1.82, 2.24) is 9.88 Å². The smallest absolute Gasteiger partial charge is 0.252 e. The van der Waals surface area contributed by atoms with Crippen LogP contribution >= 0.6 is 0 Å². The van der Waals surface area contributed by atoms with Crippen molar-refractivity contribution in [3.63, 3.8) is 0 Å². The van der Waals surface area contributed by atoms with E-state index in [-0.39, 0.29) is 17.5 Å². The van der Waals surface area contributed by atoms with E-state index in [1.54, 1.807) is 31.7 Å². The second-order valence-corrected chi connectivity index (χ2v) is 7.32. The van der Waals surface area contributed by atoms with E-state index in [1.165, 1.54) is 6.07 Å². The Kier molecular flexibility index (Phi) is 5.70. The van der Waals surface area contributed by atoms with Crippen molar-refractivity contribution in [1.29, 1.82) is 0 Å². The lowest BCUT2D eigenvalue weighted by Crippen LogP contribution is -2.45. The van der Waals surface area contributed by atoms with Gasteiger partial charge in [0.15, 0.2) is 0 Å². The summed E-state index contributed by atoms with van der Waals surface area (Å²) in [4.78, 5) is 24.9. The molecule has 1 amide bonds. The molecule has 1 aromatic carbocycles. The zero-order valence-electron chi connectivity index (χ0n) is 16.1. The van der Waals surface area contributed by atoms with Crippen molar-refractivity contribution >= 4 is 28.2 Å². The van der Waals surface area contributed by atoms with Crippen LogP contribution in [0, 0.1) is 0 Å². The summed E-state index contributed by atoms with van der Waals surface area (Å²) in [6.45, 7) is 1.80. The zero-order valence-corrected chi connectivity index (χ0v) is 16.1. The number of fused-ring (bicyclic) bond motifs is 1. The normalized spacial score (nSPS) is 21.0. The highest BCUT2D eigenvalue weighted by molar-refractivity contribution is 5.95. The maximum absolute atomic E-state index is 12.6. The van der Waals surface area contributed by atoms with Gasteiger partial charge in [-0.1, -0.05) is 0 Å². The molecule has 0 aliphatic heterocycles. The summed E-state index contributed by atoms with van der Waals surface area (Å²) in [5.41, 5.74) is 7.77. The predicted octanol–water partition coefficient (Wildman–Crippen LogP) is 1.99. The van der Waals surface area contributed by atoms with E-state index in [0.717, 1.165) is 36.6 Å². The highest BCUT2D eigenvalue weighted by Crippen LogP contribution is 2.25. The number of nitrogens with zero attached hydrogens (tertiary/aromatic N) is 1. The van der Waals surface area contributed by atoms with Gasteiger partial charge in [0.1, 0.15) is 6.04 Å². The van der Waals surface area contributed by atoms with Crippen molar-refractivity contribution in [3.05, 3.63) is 34.6 Å². The molecule has 2 aromatic rings. The van der Waals surface area contributed by atoms with Crippen molar-refractivity contribution in [2.75, 3.05) is 18.2 Å². The molecule has 7 heteroatoms. The third-order valence-corrected chi connectivity index (χ3v) is 5.39. The van der Waals surface area contributed by atoms with E-state index in [2.05, 4.69) is 10.6 Å². The van der Waals surface area contributed by atoms with Crippen molar-refractivity contribution in [2.24, 2.45) is 7.05 Å². The molecule has 1 aromatic heterocycles. The number of rotatable bonds is 5. The highest BCUT2D eigenvalue weighted by Gasteiger charge is 2.24. The van der Waals surface area contributed by atoms with Crippen LogP contribution in [-0.4, -0.2) is 35.8 Å². The zero-order chi connectivity index (χ0) is 19.6. The van der Waals surface area contributed by atoms with Crippen LogP contribution in [0.4, 0.5) is 11.4 Å². The lowest BCUT2D eigenvalue weighted by atomic mass is 9.93. The minimum Gasteiger partial charge on any atom is -0.399 e. The molecule has 4 N–H and O–H groups in total. The summed E-state index contributed by atoms with van der Waals surface area (Å²) in [7, 11) is 3.45. The van der Waals surface area contributed by atoms with Gasteiger partial charge in [-0.25, -0.2) is 0 Å². The van der Waals surface area contributed by atoms with Crippen LogP contribution in [0.1, 0.15) is 32.6 Å². The van der Waals surface area contributed by atoms with Gasteiger partial charge < -0.3 is 25.7 Å². The number of anilines is 2. The predicted molar refractivity (Wildman–Crippen MR) is 108 cm³/mol. The fourth-order valence-corrected chi connectivity index (χ4v) is 3.67. The molecule has 1 unspecified atom stereocenters. The monoisotopic (exact) mass is 372 g/mol. The number of carbonyl (C=O) groups is 1. The average Bonchev–Trinajstić information content (AvgIpc) is 2.66. The van der Waals surface area contributed by atoms with Gasteiger partial charge in [0.25, 0.3) is 5.56 Å². The summed E-state index contributed by atoms with van der Waals surface area (Å²) in [6.07, 6.45) is 4.06. The first-order valence-electron chi connectivity index (χ1n) is 9.38. The number of hydrogen-bond donors (Lipinski definition) is 3. The number of carbonyl (C=O) groups excluding carboxylic acids is 1. The molecular formula is C20H28N4O3. The lowest BCUT2D eigenvalue weighted by Gasteiger charge is -2.29. The first-order chi connectivity index (χ1) is 12.9. The Morgan fingerprint density at radius 1 is 1.26 bits per heavy atom. The van der Waals surface area contributed by atoms with Crippen LogP contribution in [0.15, 0.2) is 29.1 Å². The van der Waals surface area contributed by atoms with Crippen LogP contribution in [0.3, 0.4) is 0 Å². The van der Waals surface area contributed by atoms with Crippen LogP contribution < -0.4 is 21.9 Å². The average molecular weight is 372 g/mol. The SMILES string of the molecule is COC1CCC(NC(=O)C(C)Nc2cc(=O)n(C)c3ccc(N)cc23)CC1. The summed E-state index contributed by atoms with van der Waals surface area (Å²) in [6, 6.07) is 6.60. The molecule has 0 radical (unpaired) electrons. The number of benzene rings is 1. The number of nitrogen functional groups attached to an aromatic ring is 1. The Morgan fingerprint density at radius 3 is 2.63 bits per heavy atom. The van der Waals surface area contributed by atoms with Crippen molar-refractivity contribution < 1.29 is 9.53 Å². The molecule has 1 aliphatic rings. The first-order valence-corrected chi connectivity index (χ1v) is 9.38. The summed E-state index contributed by atoms with van der Waals surface area (Å²) >= 11 is 0. The largest absolute Gasteiger partial charge is 0.399 e. The van der Waals surface area contributed by atoms with Gasteiger partial charge in [-0.3, -0.25) is 9.59 Å². The fraction of sp³-hybridized carbons (Fsp3) is 0.500. The third kappa shape index (κ3) is 4.24. The quantitative estimate of drug-likeness (QED) is 0.697. The highest BCUT2D eigenvalue weighted by atomic mass is 16.5. The van der Waals surface area contributed by atoms with Gasteiger partial charge in [0, 0.05) is 43.0 Å². The Hall–Kier alpha value is -2.54. The number of ether oxygens (including phenoxy) is 1. The van der Waals surface area contributed by atoms with Crippen LogP contribution in [0.5, 0.6) is 0 Å². The van der Waals surface area contributed by atoms with Crippen LogP contribution in [0.25, 0.3) is 10.9 Å². The van der Waals surface area contributed by atoms with Crippen molar-refractivity contribution in [2.45, 2.75) is 50.8 Å².